The van der Waals surface area contributed by atoms with Crippen LogP contribution in [0.1, 0.15) is 34.5 Å². The summed E-state index contributed by atoms with van der Waals surface area (Å²) in [6.45, 7) is -0.0222. The van der Waals surface area contributed by atoms with E-state index in [0.29, 0.717) is 5.56 Å². The molecule has 14 heteroatoms. The Bertz CT molecular complexity index is 1060. The van der Waals surface area contributed by atoms with E-state index in [-0.39, 0.29) is 42.2 Å². The maximum absolute atomic E-state index is 15.9. The van der Waals surface area contributed by atoms with Gasteiger partial charge in [0.2, 0.25) is 0 Å². The third-order valence-corrected chi connectivity index (χ3v) is 6.14. The highest BCUT2D eigenvalue weighted by Gasteiger charge is 2.48. The van der Waals surface area contributed by atoms with E-state index in [2.05, 4.69) is 10.3 Å². The van der Waals surface area contributed by atoms with E-state index in [0.717, 1.165) is 6.07 Å². The molecule has 1 aliphatic heterocycles. The predicted molar refractivity (Wildman–Crippen MR) is 134 cm³/mol. The molecule has 1 fully saturated rings. The first-order valence-electron chi connectivity index (χ1n) is 10.3. The molecule has 0 saturated carbocycles. The Kier molecular flexibility index (Phi) is 7.51. The molecular formula is C20H15B7ClF2N3O. The lowest BCUT2D eigenvalue weighted by atomic mass is 9.40. The average Bonchev–Trinajstić information content (AvgIpc) is 2.74. The van der Waals surface area contributed by atoms with Crippen LogP contribution in [0, 0.1) is 5.82 Å². The summed E-state index contributed by atoms with van der Waals surface area (Å²) in [7, 11) is 41.2. The number of rotatable bonds is 6. The van der Waals surface area contributed by atoms with Crippen molar-refractivity contribution in [2.45, 2.75) is 34.3 Å². The predicted octanol–water partition coefficient (Wildman–Crippen LogP) is 0.162. The summed E-state index contributed by atoms with van der Waals surface area (Å²) in [5.74, 6) is -1.07. The maximum atomic E-state index is 15.9. The van der Waals surface area contributed by atoms with Gasteiger partial charge in [-0.15, -0.1) is 5.11 Å². The minimum absolute atomic E-state index is 0.0111. The molecule has 0 bridgehead atoms. The van der Waals surface area contributed by atoms with Crippen LogP contribution >= 0.6 is 11.6 Å². The third kappa shape index (κ3) is 5.62. The number of piperidine rings is 1. The first-order valence-corrected chi connectivity index (χ1v) is 10.7. The van der Waals surface area contributed by atoms with Gasteiger partial charge in [0, 0.05) is 30.5 Å². The Hall–Kier alpha value is -1.60. The van der Waals surface area contributed by atoms with Crippen LogP contribution < -0.4 is 5.32 Å². The second-order valence-corrected chi connectivity index (χ2v) is 9.02. The minimum Gasteiger partial charge on any atom is -0.338 e. The molecule has 1 saturated heterocycles. The summed E-state index contributed by atoms with van der Waals surface area (Å²) in [5.41, 5.74) is -1.63. The number of benzene rings is 1. The van der Waals surface area contributed by atoms with E-state index < -0.39 is 33.2 Å². The molecule has 0 unspecified atom stereocenters. The SMILES string of the molecule is [B]C([B])([B])c1ccc(C([B])([B])NC([B])([B])C2(F)CCN(C(=O)c3ccc(F)c(Cl)c3)CC2)nc1. The standard InChI is InChI=1S/C20H15B7ClF2N3O/c21-18(22,23)12-2-4-15(31-10-12)19(24,25)32-20(26,27)17(30)5-7-33(8-6-17)16(34)11-1-3-14(29)13(28)9-11/h1-4,9-10,32H,5-8H2. The van der Waals surface area contributed by atoms with Gasteiger partial charge in [-0.05, 0) is 53.3 Å². The zero-order chi connectivity index (χ0) is 25.5. The molecule has 1 aromatic carbocycles. The lowest BCUT2D eigenvalue weighted by Crippen LogP contribution is -2.70. The fourth-order valence-corrected chi connectivity index (χ4v) is 3.88. The lowest BCUT2D eigenvalue weighted by molar-refractivity contribution is 0.0278. The number of hydrogen-bond donors (Lipinski definition) is 1. The number of pyridine rings is 1. The molecule has 0 aliphatic carbocycles. The van der Waals surface area contributed by atoms with Gasteiger partial charge in [-0.2, -0.15) is 0 Å². The van der Waals surface area contributed by atoms with Crippen molar-refractivity contribution in [1.82, 2.24) is 15.2 Å². The second-order valence-electron chi connectivity index (χ2n) is 8.61. The number of aromatic nitrogens is 1. The molecule has 34 heavy (non-hydrogen) atoms. The largest absolute Gasteiger partial charge is 0.338 e. The van der Waals surface area contributed by atoms with Crippen molar-refractivity contribution in [2.24, 2.45) is 0 Å². The second kappa shape index (κ2) is 9.46. The smallest absolute Gasteiger partial charge is 0.253 e. The molecule has 4 nitrogen and oxygen atoms in total. The number of nitrogens with one attached hydrogen (secondary N) is 1. The van der Waals surface area contributed by atoms with Gasteiger partial charge in [-0.1, -0.05) is 17.7 Å². The highest BCUT2D eigenvalue weighted by Crippen LogP contribution is 2.36. The highest BCUT2D eigenvalue weighted by molar-refractivity contribution is 6.58. The number of amides is 1. The van der Waals surface area contributed by atoms with E-state index in [9.17, 15) is 9.18 Å². The molecule has 1 aromatic heterocycles. The molecule has 2 aromatic rings. The van der Waals surface area contributed by atoms with E-state index in [1.54, 1.807) is 0 Å². The Morgan fingerprint density at radius 3 is 2.18 bits per heavy atom. The third-order valence-electron chi connectivity index (χ3n) is 5.85. The first-order chi connectivity index (χ1) is 15.6. The number of nitrogens with zero attached hydrogens (tertiary/aromatic N) is 2. The van der Waals surface area contributed by atoms with Gasteiger partial charge in [0.25, 0.3) is 5.91 Å². The number of likely N-dealkylation sites (tertiary alicyclic amines) is 1. The fraction of sp³-hybridized carbons (Fsp3) is 0.400. The van der Waals surface area contributed by atoms with E-state index in [1.165, 1.54) is 35.4 Å². The van der Waals surface area contributed by atoms with Gasteiger partial charge < -0.3 is 10.2 Å². The molecule has 158 valence electrons. The summed E-state index contributed by atoms with van der Waals surface area (Å²) >= 11 is 5.75. The van der Waals surface area contributed by atoms with E-state index >= 15 is 4.39 Å². The zero-order valence-corrected chi connectivity index (χ0v) is 19.0. The van der Waals surface area contributed by atoms with Crippen LogP contribution in [-0.2, 0) is 10.5 Å². The maximum Gasteiger partial charge on any atom is 0.253 e. The summed E-state index contributed by atoms with van der Waals surface area (Å²) in [5, 5.41) is -3.40. The minimum atomic E-state index is -2.19. The Morgan fingerprint density at radius 2 is 1.68 bits per heavy atom. The number of carbonyl (C=O) groups is 1. The van der Waals surface area contributed by atoms with Crippen LogP contribution in [0.2, 0.25) is 5.02 Å². The van der Waals surface area contributed by atoms with Gasteiger partial charge in [0.05, 0.1) is 59.9 Å². The van der Waals surface area contributed by atoms with E-state index in [1.807, 2.05) is 0 Å². The van der Waals surface area contributed by atoms with Gasteiger partial charge in [-0.3, -0.25) is 9.78 Å². The number of carbonyl (C=O) groups excluding carboxylic acids is 1. The van der Waals surface area contributed by atoms with Crippen molar-refractivity contribution in [3.05, 3.63) is 64.2 Å². The number of halogens is 3. The summed E-state index contributed by atoms with van der Waals surface area (Å²) in [6, 6.07) is 6.47. The van der Waals surface area contributed by atoms with Gasteiger partial charge in [-0.25, -0.2) is 8.78 Å². The van der Waals surface area contributed by atoms with Crippen LogP contribution in [0.15, 0.2) is 36.5 Å². The molecule has 0 spiro atoms. The topological polar surface area (TPSA) is 45.2 Å². The zero-order valence-electron chi connectivity index (χ0n) is 18.3. The lowest BCUT2D eigenvalue weighted by Gasteiger charge is -2.51. The van der Waals surface area contributed by atoms with Crippen LogP contribution in [-0.4, -0.2) is 94.8 Å². The normalized spacial score (nSPS) is 16.9. The summed E-state index contributed by atoms with van der Waals surface area (Å²) < 4.78 is 29.3. The number of hydrogen-bond acceptors (Lipinski definition) is 3. The molecular weight excluding hydrogens is 447 g/mol. The van der Waals surface area contributed by atoms with Crippen LogP contribution in [0.25, 0.3) is 0 Å². The quantitative estimate of drug-likeness (QED) is 0.623. The molecule has 3 rings (SSSR count). The summed E-state index contributed by atoms with van der Waals surface area (Å²) in [6.07, 6.45) is 0.843. The molecule has 14 radical (unpaired) electrons. The van der Waals surface area contributed by atoms with Crippen LogP contribution in [0.3, 0.4) is 0 Å². The molecule has 1 amide bonds. The summed E-state index contributed by atoms with van der Waals surface area (Å²) in [4.78, 5) is 18.2. The van der Waals surface area contributed by atoms with Crippen molar-refractivity contribution in [3.8, 4) is 0 Å². The van der Waals surface area contributed by atoms with Gasteiger partial charge >= 0.3 is 0 Å². The molecule has 2 heterocycles. The Labute approximate surface area is 212 Å². The van der Waals surface area contributed by atoms with Crippen LogP contribution in [0.4, 0.5) is 8.78 Å². The van der Waals surface area contributed by atoms with Crippen molar-refractivity contribution in [3.63, 3.8) is 0 Å². The van der Waals surface area contributed by atoms with Crippen molar-refractivity contribution < 1.29 is 13.6 Å². The number of alkyl halides is 1. The molecule has 1 N–H and O–H groups in total. The average molecular weight is 462 g/mol. The van der Waals surface area contributed by atoms with Crippen molar-refractivity contribution in [2.75, 3.05) is 13.1 Å². The van der Waals surface area contributed by atoms with Crippen LogP contribution in [0.5, 0.6) is 0 Å². The fourth-order valence-electron chi connectivity index (χ4n) is 3.70. The molecule has 0 atom stereocenters. The molecule has 1 aliphatic rings. The van der Waals surface area contributed by atoms with E-state index in [4.69, 9.17) is 66.5 Å². The van der Waals surface area contributed by atoms with Crippen molar-refractivity contribution in [1.29, 1.82) is 0 Å². The monoisotopic (exact) mass is 463 g/mol. The Morgan fingerprint density at radius 1 is 1.06 bits per heavy atom. The van der Waals surface area contributed by atoms with Crippen molar-refractivity contribution >= 4 is 72.4 Å². The first kappa shape index (κ1) is 27.0. The highest BCUT2D eigenvalue weighted by atomic mass is 35.5. The van der Waals surface area contributed by atoms with Gasteiger partial charge in [0.15, 0.2) is 0 Å². The van der Waals surface area contributed by atoms with Gasteiger partial charge in [0.1, 0.15) is 11.5 Å². The Balaban J connectivity index is 1.70.